The highest BCUT2D eigenvalue weighted by molar-refractivity contribution is 5.25. The number of nitrogens with zero attached hydrogens (tertiary/aromatic N) is 3. The van der Waals surface area contributed by atoms with Crippen LogP contribution in [0.3, 0.4) is 0 Å². The van der Waals surface area contributed by atoms with E-state index in [1.54, 1.807) is 0 Å². The molecule has 1 aromatic heterocycles. The van der Waals surface area contributed by atoms with E-state index in [1.165, 1.54) is 11.1 Å². The van der Waals surface area contributed by atoms with E-state index >= 15 is 0 Å². The van der Waals surface area contributed by atoms with E-state index in [0.29, 0.717) is 5.92 Å². The Labute approximate surface area is 114 Å². The summed E-state index contributed by atoms with van der Waals surface area (Å²) in [6.45, 7) is 9.09. The van der Waals surface area contributed by atoms with Gasteiger partial charge in [-0.3, -0.25) is 0 Å². The largest absolute Gasteiger partial charge is 0.311 e. The summed E-state index contributed by atoms with van der Waals surface area (Å²) < 4.78 is 1.90. The van der Waals surface area contributed by atoms with Gasteiger partial charge >= 0.3 is 0 Å². The molecule has 0 saturated heterocycles. The molecule has 0 aliphatic rings. The summed E-state index contributed by atoms with van der Waals surface area (Å²) >= 11 is 0. The second-order valence-electron chi connectivity index (χ2n) is 5.36. The monoisotopic (exact) mass is 258 g/mol. The third-order valence-corrected chi connectivity index (χ3v) is 3.04. The van der Waals surface area contributed by atoms with Crippen molar-refractivity contribution in [1.29, 1.82) is 0 Å². The molecule has 0 amide bonds. The zero-order valence-electron chi connectivity index (χ0n) is 11.9. The molecule has 1 aromatic carbocycles. The average Bonchev–Trinajstić information content (AvgIpc) is 2.79. The summed E-state index contributed by atoms with van der Waals surface area (Å²) in [5.74, 6) is 0.655. The van der Waals surface area contributed by atoms with Crippen LogP contribution in [0.1, 0.15) is 30.7 Å². The molecule has 2 rings (SSSR count). The van der Waals surface area contributed by atoms with E-state index in [2.05, 4.69) is 60.7 Å². The van der Waals surface area contributed by atoms with Crippen LogP contribution in [0.4, 0.5) is 0 Å². The highest BCUT2D eigenvalue weighted by atomic mass is 15.4. The molecule has 1 heterocycles. The summed E-state index contributed by atoms with van der Waals surface area (Å²) in [4.78, 5) is 0. The molecular formula is C15H22N4. The van der Waals surface area contributed by atoms with Crippen LogP contribution in [0, 0.1) is 12.8 Å². The van der Waals surface area contributed by atoms with Crippen LogP contribution in [-0.4, -0.2) is 21.5 Å². The fraction of sp³-hybridized carbons (Fsp3) is 0.467. The summed E-state index contributed by atoms with van der Waals surface area (Å²) in [6.07, 6.45) is 2.01. The first-order valence-corrected chi connectivity index (χ1v) is 6.79. The van der Waals surface area contributed by atoms with Crippen molar-refractivity contribution >= 4 is 0 Å². The van der Waals surface area contributed by atoms with Gasteiger partial charge in [0.2, 0.25) is 0 Å². The molecule has 0 radical (unpaired) electrons. The van der Waals surface area contributed by atoms with Gasteiger partial charge in [0.15, 0.2) is 0 Å². The van der Waals surface area contributed by atoms with Crippen molar-refractivity contribution in [2.24, 2.45) is 5.92 Å². The van der Waals surface area contributed by atoms with Crippen molar-refractivity contribution in [2.75, 3.05) is 6.54 Å². The van der Waals surface area contributed by atoms with Crippen LogP contribution in [0.2, 0.25) is 0 Å². The van der Waals surface area contributed by atoms with Gasteiger partial charge in [-0.1, -0.05) is 43.3 Å². The van der Waals surface area contributed by atoms with Crippen LogP contribution < -0.4 is 5.32 Å². The van der Waals surface area contributed by atoms with E-state index in [4.69, 9.17) is 0 Å². The van der Waals surface area contributed by atoms with Crippen LogP contribution in [0.5, 0.6) is 0 Å². The molecule has 0 bridgehead atoms. The minimum absolute atomic E-state index is 0.655. The normalized spacial score (nSPS) is 11.2. The van der Waals surface area contributed by atoms with Gasteiger partial charge in [0.05, 0.1) is 18.4 Å². The SMILES string of the molecule is Cc1ccccc1Cn1cc(CNCC(C)C)nn1. The van der Waals surface area contributed by atoms with Crippen molar-refractivity contribution in [3.05, 3.63) is 47.3 Å². The smallest absolute Gasteiger partial charge is 0.0964 e. The Bertz CT molecular complexity index is 516. The lowest BCUT2D eigenvalue weighted by atomic mass is 10.1. The van der Waals surface area contributed by atoms with Crippen molar-refractivity contribution in [3.63, 3.8) is 0 Å². The topological polar surface area (TPSA) is 42.7 Å². The molecule has 0 fully saturated rings. The first-order chi connectivity index (χ1) is 9.15. The lowest BCUT2D eigenvalue weighted by Crippen LogP contribution is -2.19. The standard InChI is InChI=1S/C15H22N4/c1-12(2)8-16-9-15-11-19(18-17-15)10-14-7-5-4-6-13(14)3/h4-7,11-12,16H,8-10H2,1-3H3. The molecule has 0 spiro atoms. The number of hydrogen-bond donors (Lipinski definition) is 1. The maximum absolute atomic E-state index is 4.19. The van der Waals surface area contributed by atoms with Gasteiger partial charge in [0, 0.05) is 6.54 Å². The van der Waals surface area contributed by atoms with E-state index in [0.717, 1.165) is 25.3 Å². The van der Waals surface area contributed by atoms with E-state index < -0.39 is 0 Å². The summed E-state index contributed by atoms with van der Waals surface area (Å²) in [5.41, 5.74) is 3.57. The Morgan fingerprint density at radius 3 is 2.79 bits per heavy atom. The first kappa shape index (κ1) is 13.7. The van der Waals surface area contributed by atoms with E-state index in [1.807, 2.05) is 10.9 Å². The quantitative estimate of drug-likeness (QED) is 0.865. The zero-order chi connectivity index (χ0) is 13.7. The number of aryl methyl sites for hydroxylation is 1. The Hall–Kier alpha value is -1.68. The number of benzene rings is 1. The maximum atomic E-state index is 4.19. The third-order valence-electron chi connectivity index (χ3n) is 3.04. The number of nitrogens with one attached hydrogen (secondary N) is 1. The van der Waals surface area contributed by atoms with Crippen molar-refractivity contribution in [1.82, 2.24) is 20.3 Å². The highest BCUT2D eigenvalue weighted by Gasteiger charge is 2.03. The lowest BCUT2D eigenvalue weighted by Gasteiger charge is -2.05. The summed E-state index contributed by atoms with van der Waals surface area (Å²) in [6, 6.07) is 8.37. The molecule has 4 heteroatoms. The molecular weight excluding hydrogens is 236 g/mol. The highest BCUT2D eigenvalue weighted by Crippen LogP contribution is 2.08. The molecule has 102 valence electrons. The van der Waals surface area contributed by atoms with Gasteiger partial charge in [0.1, 0.15) is 0 Å². The predicted molar refractivity (Wildman–Crippen MR) is 76.8 cm³/mol. The Balaban J connectivity index is 1.92. The predicted octanol–water partition coefficient (Wildman–Crippen LogP) is 2.38. The Morgan fingerprint density at radius 2 is 2.05 bits per heavy atom. The third kappa shape index (κ3) is 4.17. The molecule has 2 aromatic rings. The van der Waals surface area contributed by atoms with Crippen molar-refractivity contribution in [2.45, 2.75) is 33.9 Å². The van der Waals surface area contributed by atoms with Gasteiger partial charge in [-0.25, -0.2) is 4.68 Å². The lowest BCUT2D eigenvalue weighted by molar-refractivity contribution is 0.548. The molecule has 19 heavy (non-hydrogen) atoms. The number of hydrogen-bond acceptors (Lipinski definition) is 3. The number of aromatic nitrogens is 3. The minimum atomic E-state index is 0.655. The molecule has 4 nitrogen and oxygen atoms in total. The Kier molecular flexibility index (Phi) is 4.68. The molecule has 0 atom stereocenters. The van der Waals surface area contributed by atoms with Crippen LogP contribution in [-0.2, 0) is 13.1 Å². The summed E-state index contributed by atoms with van der Waals surface area (Å²) in [5, 5.41) is 11.7. The van der Waals surface area contributed by atoms with E-state index in [9.17, 15) is 0 Å². The second-order valence-corrected chi connectivity index (χ2v) is 5.36. The van der Waals surface area contributed by atoms with Gasteiger partial charge in [-0.05, 0) is 30.5 Å². The zero-order valence-corrected chi connectivity index (χ0v) is 11.9. The molecule has 0 unspecified atom stereocenters. The van der Waals surface area contributed by atoms with Gasteiger partial charge in [-0.2, -0.15) is 0 Å². The fourth-order valence-corrected chi connectivity index (χ4v) is 1.95. The van der Waals surface area contributed by atoms with Gasteiger partial charge in [0.25, 0.3) is 0 Å². The van der Waals surface area contributed by atoms with Crippen molar-refractivity contribution < 1.29 is 0 Å². The number of rotatable bonds is 6. The molecule has 1 N–H and O–H groups in total. The Morgan fingerprint density at radius 1 is 1.26 bits per heavy atom. The van der Waals surface area contributed by atoms with Crippen LogP contribution in [0.25, 0.3) is 0 Å². The van der Waals surface area contributed by atoms with Crippen LogP contribution in [0.15, 0.2) is 30.5 Å². The van der Waals surface area contributed by atoms with Gasteiger partial charge < -0.3 is 5.32 Å². The average molecular weight is 258 g/mol. The first-order valence-electron chi connectivity index (χ1n) is 6.79. The van der Waals surface area contributed by atoms with Gasteiger partial charge in [-0.15, -0.1) is 5.10 Å². The van der Waals surface area contributed by atoms with Crippen LogP contribution >= 0.6 is 0 Å². The fourth-order valence-electron chi connectivity index (χ4n) is 1.95. The summed E-state index contributed by atoms with van der Waals surface area (Å²) in [7, 11) is 0. The van der Waals surface area contributed by atoms with E-state index in [-0.39, 0.29) is 0 Å². The molecule has 0 aliphatic heterocycles. The molecule has 0 aliphatic carbocycles. The van der Waals surface area contributed by atoms with Crippen molar-refractivity contribution in [3.8, 4) is 0 Å². The molecule has 0 saturated carbocycles. The minimum Gasteiger partial charge on any atom is -0.311 e. The second kappa shape index (κ2) is 6.48. The maximum Gasteiger partial charge on any atom is 0.0964 e.